The lowest BCUT2D eigenvalue weighted by Gasteiger charge is -2.07. The molecule has 0 bridgehead atoms. The van der Waals surface area contributed by atoms with Gasteiger partial charge in [0.1, 0.15) is 0 Å². The molecule has 0 unspecified atom stereocenters. The number of nitrogens with zero attached hydrogens (tertiary/aromatic N) is 2. The molecule has 4 nitrogen and oxygen atoms in total. The molecular weight excluding hydrogens is 156 g/mol. The highest BCUT2D eigenvalue weighted by molar-refractivity contribution is 5.67. The Morgan fingerprint density at radius 2 is 2.50 bits per heavy atom. The van der Waals surface area contributed by atoms with Crippen molar-refractivity contribution in [1.82, 2.24) is 9.78 Å². The van der Waals surface area contributed by atoms with Crippen LogP contribution >= 0.6 is 0 Å². The van der Waals surface area contributed by atoms with E-state index in [-0.39, 0.29) is 12.3 Å². The van der Waals surface area contributed by atoms with Crippen molar-refractivity contribution in [2.24, 2.45) is 7.05 Å². The zero-order valence-corrected chi connectivity index (χ0v) is 7.19. The Labute approximate surface area is 70.8 Å². The number of rotatable bonds is 3. The number of aryl methyl sites for hydroxylation is 1. The number of hydrogen-bond donors (Lipinski definition) is 1. The average molecular weight is 168 g/mol. The molecule has 1 aromatic rings. The van der Waals surface area contributed by atoms with Gasteiger partial charge in [-0.1, -0.05) is 6.92 Å². The number of aromatic nitrogens is 2. The molecule has 0 aliphatic carbocycles. The van der Waals surface area contributed by atoms with Gasteiger partial charge in [0.2, 0.25) is 0 Å². The predicted molar refractivity (Wildman–Crippen MR) is 43.9 cm³/mol. The highest BCUT2D eigenvalue weighted by atomic mass is 16.4. The normalized spacial score (nSPS) is 12.8. The fourth-order valence-corrected chi connectivity index (χ4v) is 1.23. The molecule has 0 aliphatic rings. The van der Waals surface area contributed by atoms with Crippen LogP contribution in [-0.4, -0.2) is 20.9 Å². The Kier molecular flexibility index (Phi) is 2.47. The lowest BCUT2D eigenvalue weighted by atomic mass is 10.0. The van der Waals surface area contributed by atoms with Gasteiger partial charge >= 0.3 is 5.97 Å². The van der Waals surface area contributed by atoms with E-state index in [2.05, 4.69) is 5.10 Å². The zero-order chi connectivity index (χ0) is 9.14. The monoisotopic (exact) mass is 168 g/mol. The molecule has 0 radical (unpaired) electrons. The minimum absolute atomic E-state index is 0.0231. The Morgan fingerprint density at radius 1 is 1.83 bits per heavy atom. The van der Waals surface area contributed by atoms with Crippen LogP contribution in [0.25, 0.3) is 0 Å². The molecule has 0 fully saturated rings. The summed E-state index contributed by atoms with van der Waals surface area (Å²) in [5.41, 5.74) is 0.956. The van der Waals surface area contributed by atoms with E-state index in [0.717, 1.165) is 5.69 Å². The fraction of sp³-hybridized carbons (Fsp3) is 0.500. The molecule has 12 heavy (non-hydrogen) atoms. The lowest BCUT2D eigenvalue weighted by Crippen LogP contribution is -2.07. The molecule has 4 heteroatoms. The topological polar surface area (TPSA) is 55.1 Å². The summed E-state index contributed by atoms with van der Waals surface area (Å²) in [6, 6.07) is 1.84. The van der Waals surface area contributed by atoms with Crippen molar-refractivity contribution in [3.8, 4) is 0 Å². The predicted octanol–water partition coefficient (Wildman–Crippen LogP) is 0.998. The second-order valence-electron chi connectivity index (χ2n) is 2.88. The van der Waals surface area contributed by atoms with Crippen LogP contribution in [-0.2, 0) is 11.8 Å². The molecule has 1 aromatic heterocycles. The van der Waals surface area contributed by atoms with Gasteiger partial charge in [0.15, 0.2) is 0 Å². The highest BCUT2D eigenvalue weighted by Gasteiger charge is 2.12. The number of aliphatic carboxylic acids is 1. The SMILES string of the molecule is C[C@@H](CC(=O)O)c1ccnn1C. The first-order chi connectivity index (χ1) is 5.61. The zero-order valence-electron chi connectivity index (χ0n) is 7.19. The van der Waals surface area contributed by atoms with Gasteiger partial charge in [-0.15, -0.1) is 0 Å². The van der Waals surface area contributed by atoms with Crippen molar-refractivity contribution in [2.75, 3.05) is 0 Å². The molecular formula is C8H12N2O2. The quantitative estimate of drug-likeness (QED) is 0.732. The standard InChI is InChI=1S/C8H12N2O2/c1-6(5-8(11)12)7-3-4-9-10(7)2/h3-4,6H,5H2,1-2H3,(H,11,12)/t6-/m0/s1. The molecule has 0 aliphatic heterocycles. The minimum Gasteiger partial charge on any atom is -0.481 e. The first kappa shape index (κ1) is 8.77. The largest absolute Gasteiger partial charge is 0.481 e. The van der Waals surface area contributed by atoms with E-state index in [4.69, 9.17) is 5.11 Å². The molecule has 0 spiro atoms. The van der Waals surface area contributed by atoms with Gasteiger partial charge < -0.3 is 5.11 Å². The summed E-state index contributed by atoms with van der Waals surface area (Å²) in [6.07, 6.45) is 1.83. The number of carboxylic acids is 1. The Bertz CT molecular complexity index is 280. The summed E-state index contributed by atoms with van der Waals surface area (Å²) < 4.78 is 1.70. The van der Waals surface area contributed by atoms with Gasteiger partial charge in [-0.3, -0.25) is 9.48 Å². The minimum atomic E-state index is -0.774. The highest BCUT2D eigenvalue weighted by Crippen LogP contribution is 2.16. The summed E-state index contributed by atoms with van der Waals surface area (Å²) in [5.74, 6) is -0.751. The number of hydrogen-bond acceptors (Lipinski definition) is 2. The van der Waals surface area contributed by atoms with Gasteiger partial charge in [0.05, 0.1) is 6.42 Å². The fourth-order valence-electron chi connectivity index (χ4n) is 1.23. The van der Waals surface area contributed by atoms with Crippen LogP contribution in [0, 0.1) is 0 Å². The smallest absolute Gasteiger partial charge is 0.304 e. The average Bonchev–Trinajstić information content (AvgIpc) is 2.33. The second-order valence-corrected chi connectivity index (χ2v) is 2.88. The molecule has 0 saturated heterocycles. The van der Waals surface area contributed by atoms with Crippen LogP contribution in [0.15, 0.2) is 12.3 Å². The third-order valence-electron chi connectivity index (χ3n) is 1.84. The Hall–Kier alpha value is -1.32. The maximum absolute atomic E-state index is 10.4. The van der Waals surface area contributed by atoms with Crippen molar-refractivity contribution in [1.29, 1.82) is 0 Å². The Balaban J connectivity index is 2.71. The summed E-state index contributed by atoms with van der Waals surface area (Å²) in [4.78, 5) is 10.4. The molecule has 0 aromatic carbocycles. The van der Waals surface area contributed by atoms with Crippen LogP contribution in [0.3, 0.4) is 0 Å². The molecule has 0 amide bonds. The van der Waals surface area contributed by atoms with Gasteiger partial charge in [-0.2, -0.15) is 5.10 Å². The molecule has 0 saturated carbocycles. The van der Waals surface area contributed by atoms with Gasteiger partial charge in [0, 0.05) is 24.9 Å². The van der Waals surface area contributed by atoms with E-state index >= 15 is 0 Å². The van der Waals surface area contributed by atoms with Crippen LogP contribution in [0.2, 0.25) is 0 Å². The first-order valence-corrected chi connectivity index (χ1v) is 3.81. The molecule has 1 N–H and O–H groups in total. The van der Waals surface area contributed by atoms with Crippen LogP contribution in [0.1, 0.15) is 25.0 Å². The van der Waals surface area contributed by atoms with Crippen molar-refractivity contribution < 1.29 is 9.90 Å². The molecule has 1 rings (SSSR count). The number of carbonyl (C=O) groups is 1. The van der Waals surface area contributed by atoms with E-state index in [1.807, 2.05) is 20.0 Å². The number of carboxylic acid groups (broad SMARTS) is 1. The van der Waals surface area contributed by atoms with Crippen molar-refractivity contribution >= 4 is 5.97 Å². The molecule has 1 atom stereocenters. The third-order valence-corrected chi connectivity index (χ3v) is 1.84. The van der Waals surface area contributed by atoms with Crippen LogP contribution < -0.4 is 0 Å². The van der Waals surface area contributed by atoms with E-state index < -0.39 is 5.97 Å². The van der Waals surface area contributed by atoms with Gasteiger partial charge in [0.25, 0.3) is 0 Å². The van der Waals surface area contributed by atoms with Crippen LogP contribution in [0.5, 0.6) is 0 Å². The summed E-state index contributed by atoms with van der Waals surface area (Å²) in [7, 11) is 1.81. The van der Waals surface area contributed by atoms with Crippen molar-refractivity contribution in [3.05, 3.63) is 18.0 Å². The third kappa shape index (κ3) is 1.84. The van der Waals surface area contributed by atoms with Crippen LogP contribution in [0.4, 0.5) is 0 Å². The molecule has 66 valence electrons. The summed E-state index contributed by atoms with van der Waals surface area (Å²) in [6.45, 7) is 1.88. The lowest BCUT2D eigenvalue weighted by molar-refractivity contribution is -0.137. The van der Waals surface area contributed by atoms with E-state index in [0.29, 0.717) is 0 Å². The van der Waals surface area contributed by atoms with Gasteiger partial charge in [-0.25, -0.2) is 0 Å². The molecule has 1 heterocycles. The van der Waals surface area contributed by atoms with E-state index in [9.17, 15) is 4.79 Å². The summed E-state index contributed by atoms with van der Waals surface area (Å²) in [5, 5.41) is 12.5. The van der Waals surface area contributed by atoms with Gasteiger partial charge in [-0.05, 0) is 6.07 Å². The Morgan fingerprint density at radius 3 is 2.92 bits per heavy atom. The van der Waals surface area contributed by atoms with Crippen molar-refractivity contribution in [3.63, 3.8) is 0 Å². The maximum atomic E-state index is 10.4. The first-order valence-electron chi connectivity index (χ1n) is 3.81. The van der Waals surface area contributed by atoms with E-state index in [1.165, 1.54) is 0 Å². The van der Waals surface area contributed by atoms with Crippen molar-refractivity contribution in [2.45, 2.75) is 19.3 Å². The summed E-state index contributed by atoms with van der Waals surface area (Å²) >= 11 is 0. The maximum Gasteiger partial charge on any atom is 0.304 e. The second kappa shape index (κ2) is 3.38. The van der Waals surface area contributed by atoms with E-state index in [1.54, 1.807) is 10.9 Å².